The molecule has 4 rings (SSSR count). The highest BCUT2D eigenvalue weighted by atomic mass is 32.1. The second kappa shape index (κ2) is 6.93. The van der Waals surface area contributed by atoms with Crippen molar-refractivity contribution in [2.75, 3.05) is 0 Å². The molecule has 4 nitrogen and oxygen atoms in total. The van der Waals surface area contributed by atoms with Crippen LogP contribution in [0.25, 0.3) is 0 Å². The molecule has 0 saturated heterocycles. The molecule has 144 valence electrons. The van der Waals surface area contributed by atoms with Gasteiger partial charge < -0.3 is 10.1 Å². The topological polar surface area (TPSA) is 55.4 Å². The standard InChI is InChI=1S/C22H27NO3S/c1-13-18(21(25)26-14-7-4-5-8-14)20(17-9-6-10-27-17)19-15(23-13)11-22(2,3)12-16(19)24/h6,9-10,14,20,23H,4-5,7-8,11-12H2,1-3H3/t20-/m0/s1. The molecular formula is C22H27NO3S. The third-order valence-corrected chi connectivity index (χ3v) is 6.80. The molecule has 0 unspecified atom stereocenters. The normalized spacial score (nSPS) is 25.4. The van der Waals surface area contributed by atoms with Gasteiger partial charge in [-0.2, -0.15) is 0 Å². The monoisotopic (exact) mass is 385 g/mol. The van der Waals surface area contributed by atoms with Gasteiger partial charge in [0.25, 0.3) is 0 Å². The first-order chi connectivity index (χ1) is 12.9. The Labute approximate surface area is 164 Å². The van der Waals surface area contributed by atoms with Gasteiger partial charge in [-0.15, -0.1) is 11.3 Å². The lowest BCUT2D eigenvalue weighted by molar-refractivity contribution is -0.144. The predicted molar refractivity (Wildman–Crippen MR) is 106 cm³/mol. The summed E-state index contributed by atoms with van der Waals surface area (Å²) in [5, 5.41) is 5.40. The molecule has 1 N–H and O–H groups in total. The van der Waals surface area contributed by atoms with Crippen molar-refractivity contribution in [1.29, 1.82) is 0 Å². The smallest absolute Gasteiger partial charge is 0.337 e. The highest BCUT2D eigenvalue weighted by molar-refractivity contribution is 7.10. The van der Waals surface area contributed by atoms with Crippen LogP contribution >= 0.6 is 11.3 Å². The number of nitrogens with one attached hydrogen (secondary N) is 1. The first-order valence-electron chi connectivity index (χ1n) is 9.84. The van der Waals surface area contributed by atoms with Crippen LogP contribution in [0.3, 0.4) is 0 Å². The summed E-state index contributed by atoms with van der Waals surface area (Å²) < 4.78 is 5.84. The van der Waals surface area contributed by atoms with Crippen molar-refractivity contribution in [3.8, 4) is 0 Å². The molecular weight excluding hydrogens is 358 g/mol. The number of dihydropyridines is 1. The summed E-state index contributed by atoms with van der Waals surface area (Å²) in [6.45, 7) is 6.18. The van der Waals surface area contributed by atoms with Crippen molar-refractivity contribution in [2.45, 2.75) is 71.3 Å². The molecule has 1 fully saturated rings. The minimum atomic E-state index is -0.307. The Bertz CT molecular complexity index is 826. The van der Waals surface area contributed by atoms with Gasteiger partial charge in [-0.25, -0.2) is 4.79 Å². The molecule has 0 aromatic carbocycles. The first-order valence-corrected chi connectivity index (χ1v) is 10.7. The van der Waals surface area contributed by atoms with E-state index in [0.717, 1.165) is 53.9 Å². The average molecular weight is 386 g/mol. The Morgan fingerprint density at radius 1 is 1.26 bits per heavy atom. The van der Waals surface area contributed by atoms with Crippen LogP contribution in [-0.4, -0.2) is 17.9 Å². The number of allylic oxidation sites excluding steroid dienone is 3. The molecule has 0 spiro atoms. The van der Waals surface area contributed by atoms with Crippen LogP contribution in [0.5, 0.6) is 0 Å². The summed E-state index contributed by atoms with van der Waals surface area (Å²) in [5.41, 5.74) is 3.10. The Balaban J connectivity index is 1.74. The zero-order valence-electron chi connectivity index (χ0n) is 16.3. The third-order valence-electron chi connectivity index (χ3n) is 5.86. The van der Waals surface area contributed by atoms with Crippen LogP contribution in [-0.2, 0) is 14.3 Å². The summed E-state index contributed by atoms with van der Waals surface area (Å²) in [5.74, 6) is -0.431. The lowest BCUT2D eigenvalue weighted by Gasteiger charge is -2.39. The van der Waals surface area contributed by atoms with Gasteiger partial charge in [-0.3, -0.25) is 4.79 Å². The van der Waals surface area contributed by atoms with E-state index in [0.29, 0.717) is 12.0 Å². The molecule has 0 bridgehead atoms. The van der Waals surface area contributed by atoms with Crippen molar-refractivity contribution in [2.24, 2.45) is 5.41 Å². The van der Waals surface area contributed by atoms with Crippen molar-refractivity contribution < 1.29 is 14.3 Å². The molecule has 1 atom stereocenters. The number of Topliss-reactive ketones (excluding diaryl/α,β-unsaturated/α-hetero) is 1. The number of thiophene rings is 1. The number of ketones is 1. The van der Waals surface area contributed by atoms with Gasteiger partial charge in [0.2, 0.25) is 0 Å². The Kier molecular flexibility index (Phi) is 4.75. The van der Waals surface area contributed by atoms with Crippen LogP contribution in [0.1, 0.15) is 70.1 Å². The molecule has 1 aliphatic heterocycles. The van der Waals surface area contributed by atoms with Gasteiger partial charge in [0.05, 0.1) is 11.5 Å². The zero-order valence-corrected chi connectivity index (χ0v) is 17.1. The summed E-state index contributed by atoms with van der Waals surface area (Å²) >= 11 is 1.60. The predicted octanol–water partition coefficient (Wildman–Crippen LogP) is 4.84. The average Bonchev–Trinajstić information content (AvgIpc) is 3.25. The van der Waals surface area contributed by atoms with E-state index < -0.39 is 0 Å². The van der Waals surface area contributed by atoms with Gasteiger partial charge in [-0.05, 0) is 55.9 Å². The molecule has 1 aromatic heterocycles. The van der Waals surface area contributed by atoms with E-state index in [1.54, 1.807) is 11.3 Å². The number of esters is 1. The Morgan fingerprint density at radius 2 is 2.00 bits per heavy atom. The SMILES string of the molecule is CC1=C(C(=O)OC2CCCC2)[C@H](c2cccs2)C2=C(CC(C)(C)CC2=O)N1. The zero-order chi connectivity index (χ0) is 19.2. The number of carbonyl (C=O) groups is 2. The van der Waals surface area contributed by atoms with Crippen molar-refractivity contribution in [3.05, 3.63) is 44.9 Å². The summed E-state index contributed by atoms with van der Waals surface area (Å²) in [4.78, 5) is 27.3. The molecule has 0 amide bonds. The van der Waals surface area contributed by atoms with E-state index in [1.807, 2.05) is 24.4 Å². The van der Waals surface area contributed by atoms with E-state index in [4.69, 9.17) is 4.74 Å². The van der Waals surface area contributed by atoms with E-state index in [2.05, 4.69) is 19.2 Å². The summed E-state index contributed by atoms with van der Waals surface area (Å²) in [6.07, 6.45) is 5.46. The number of carbonyl (C=O) groups excluding carboxylic acids is 2. The Morgan fingerprint density at radius 3 is 2.67 bits per heavy atom. The number of rotatable bonds is 3. The van der Waals surface area contributed by atoms with Crippen molar-refractivity contribution in [1.82, 2.24) is 5.32 Å². The quantitative estimate of drug-likeness (QED) is 0.757. The maximum absolute atomic E-state index is 13.1. The molecule has 5 heteroatoms. The van der Waals surface area contributed by atoms with Gasteiger partial charge in [-0.1, -0.05) is 19.9 Å². The fourth-order valence-electron chi connectivity index (χ4n) is 4.67. The van der Waals surface area contributed by atoms with E-state index in [-0.39, 0.29) is 29.2 Å². The van der Waals surface area contributed by atoms with Crippen LogP contribution in [0.2, 0.25) is 0 Å². The van der Waals surface area contributed by atoms with Gasteiger partial charge >= 0.3 is 5.97 Å². The van der Waals surface area contributed by atoms with E-state index in [1.165, 1.54) is 0 Å². The summed E-state index contributed by atoms with van der Waals surface area (Å²) in [6, 6.07) is 4.00. The van der Waals surface area contributed by atoms with Crippen molar-refractivity contribution in [3.63, 3.8) is 0 Å². The minimum absolute atomic E-state index is 0.0122. The van der Waals surface area contributed by atoms with Gasteiger partial charge in [0, 0.05) is 28.3 Å². The van der Waals surface area contributed by atoms with Crippen LogP contribution < -0.4 is 5.32 Å². The van der Waals surface area contributed by atoms with Crippen LogP contribution in [0.4, 0.5) is 0 Å². The molecule has 0 radical (unpaired) electrons. The fraction of sp³-hybridized carbons (Fsp3) is 0.545. The lowest BCUT2D eigenvalue weighted by Crippen LogP contribution is -2.38. The van der Waals surface area contributed by atoms with Gasteiger partial charge in [0.15, 0.2) is 5.78 Å². The molecule has 3 aliphatic rings. The van der Waals surface area contributed by atoms with E-state index >= 15 is 0 Å². The van der Waals surface area contributed by atoms with Crippen molar-refractivity contribution >= 4 is 23.1 Å². The highest BCUT2D eigenvalue weighted by Crippen LogP contribution is 2.47. The van der Waals surface area contributed by atoms with Crippen LogP contribution in [0.15, 0.2) is 40.1 Å². The second-order valence-electron chi connectivity index (χ2n) is 8.76. The number of hydrogen-bond donors (Lipinski definition) is 1. The largest absolute Gasteiger partial charge is 0.459 e. The molecule has 2 aliphatic carbocycles. The first kappa shape index (κ1) is 18.5. The minimum Gasteiger partial charge on any atom is -0.459 e. The number of ether oxygens (including phenoxy) is 1. The van der Waals surface area contributed by atoms with E-state index in [9.17, 15) is 9.59 Å². The lowest BCUT2D eigenvalue weighted by atomic mass is 9.70. The molecule has 1 aromatic rings. The van der Waals surface area contributed by atoms with Crippen LogP contribution in [0, 0.1) is 5.41 Å². The third kappa shape index (κ3) is 3.49. The number of hydrogen-bond acceptors (Lipinski definition) is 5. The Hall–Kier alpha value is -1.88. The van der Waals surface area contributed by atoms with Gasteiger partial charge in [0.1, 0.15) is 6.10 Å². The molecule has 2 heterocycles. The summed E-state index contributed by atoms with van der Waals surface area (Å²) in [7, 11) is 0. The second-order valence-corrected chi connectivity index (χ2v) is 9.74. The maximum atomic E-state index is 13.1. The fourth-order valence-corrected chi connectivity index (χ4v) is 5.51. The maximum Gasteiger partial charge on any atom is 0.337 e. The molecule has 1 saturated carbocycles. The highest BCUT2D eigenvalue weighted by Gasteiger charge is 2.43. The molecule has 27 heavy (non-hydrogen) atoms.